The van der Waals surface area contributed by atoms with E-state index in [0.717, 1.165) is 27.5 Å². The number of nitrogens with zero attached hydrogens (tertiary/aromatic N) is 1. The number of benzene rings is 2. The summed E-state index contributed by atoms with van der Waals surface area (Å²) in [6, 6.07) is 13.5. The third kappa shape index (κ3) is 4.45. The van der Waals surface area contributed by atoms with Crippen molar-refractivity contribution in [2.45, 2.75) is 31.2 Å². The summed E-state index contributed by atoms with van der Waals surface area (Å²) in [5.74, 6) is 1.12. The van der Waals surface area contributed by atoms with Gasteiger partial charge in [-0.25, -0.2) is 0 Å². The molecule has 0 aromatic heterocycles. The summed E-state index contributed by atoms with van der Waals surface area (Å²) in [4.78, 5) is 27.6. The van der Waals surface area contributed by atoms with Crippen molar-refractivity contribution < 1.29 is 14.3 Å². The van der Waals surface area contributed by atoms with Gasteiger partial charge in [0.15, 0.2) is 0 Å². The largest absolute Gasteiger partial charge is 0.496 e. The Morgan fingerprint density at radius 1 is 1.30 bits per heavy atom. The Labute approximate surface area is 164 Å². The third-order valence-electron chi connectivity index (χ3n) is 4.60. The van der Waals surface area contributed by atoms with Crippen LogP contribution in [-0.4, -0.2) is 31.2 Å². The van der Waals surface area contributed by atoms with Crippen molar-refractivity contribution in [3.63, 3.8) is 0 Å². The molecule has 142 valence electrons. The van der Waals surface area contributed by atoms with Gasteiger partial charge in [0, 0.05) is 23.4 Å². The second kappa shape index (κ2) is 8.48. The molecule has 5 nitrogen and oxygen atoms in total. The molecule has 0 saturated carbocycles. The molecule has 1 aliphatic rings. The van der Waals surface area contributed by atoms with Crippen LogP contribution in [0.25, 0.3) is 0 Å². The maximum atomic E-state index is 12.5. The number of carbonyl (C=O) groups is 2. The second-order valence-corrected chi connectivity index (χ2v) is 7.60. The first-order valence-corrected chi connectivity index (χ1v) is 9.94. The van der Waals surface area contributed by atoms with Crippen LogP contribution >= 0.6 is 11.8 Å². The van der Waals surface area contributed by atoms with E-state index in [2.05, 4.69) is 5.32 Å². The van der Waals surface area contributed by atoms with Crippen LogP contribution in [0.15, 0.2) is 47.4 Å². The van der Waals surface area contributed by atoms with E-state index < -0.39 is 0 Å². The molecule has 1 N–H and O–H groups in total. The Hall–Kier alpha value is -2.47. The molecule has 3 rings (SSSR count). The van der Waals surface area contributed by atoms with E-state index in [9.17, 15) is 9.59 Å². The number of carbonyl (C=O) groups excluding carboxylic acids is 2. The molecule has 2 amide bonds. The molecule has 0 saturated heterocycles. The Kier molecular flexibility index (Phi) is 6.06. The van der Waals surface area contributed by atoms with Crippen LogP contribution in [0.4, 0.5) is 5.69 Å². The zero-order chi connectivity index (χ0) is 19.4. The maximum absolute atomic E-state index is 12.5. The number of fused-ring (bicyclic) bond motifs is 1. The van der Waals surface area contributed by atoms with Crippen molar-refractivity contribution in [1.82, 2.24) is 5.32 Å². The van der Waals surface area contributed by atoms with Gasteiger partial charge in [-0.2, -0.15) is 0 Å². The van der Waals surface area contributed by atoms with Gasteiger partial charge in [-0.15, -0.1) is 11.8 Å². The molecular formula is C21H24N2O3S. The molecule has 6 heteroatoms. The summed E-state index contributed by atoms with van der Waals surface area (Å²) in [6.45, 7) is 4.32. The Bertz CT molecular complexity index is 853. The fourth-order valence-corrected chi connectivity index (χ4v) is 4.13. The van der Waals surface area contributed by atoms with Gasteiger partial charge in [0.25, 0.3) is 0 Å². The van der Waals surface area contributed by atoms with Gasteiger partial charge < -0.3 is 15.0 Å². The molecule has 2 aromatic carbocycles. The highest BCUT2D eigenvalue weighted by molar-refractivity contribution is 8.00. The average molecular weight is 385 g/mol. The quantitative estimate of drug-likeness (QED) is 0.825. The zero-order valence-electron chi connectivity index (χ0n) is 15.8. The van der Waals surface area contributed by atoms with Crippen molar-refractivity contribution >= 4 is 29.3 Å². The summed E-state index contributed by atoms with van der Waals surface area (Å²) >= 11 is 1.54. The van der Waals surface area contributed by atoms with E-state index in [0.29, 0.717) is 12.3 Å². The predicted molar refractivity (Wildman–Crippen MR) is 108 cm³/mol. The molecule has 1 aliphatic heterocycles. The summed E-state index contributed by atoms with van der Waals surface area (Å²) in [6.07, 6.45) is 0.253. The lowest BCUT2D eigenvalue weighted by Gasteiger charge is -2.29. The smallest absolute Gasteiger partial charge is 0.237 e. The van der Waals surface area contributed by atoms with Crippen molar-refractivity contribution in [3.05, 3.63) is 53.6 Å². The van der Waals surface area contributed by atoms with Crippen LogP contribution in [0, 0.1) is 6.92 Å². The molecule has 1 atom stereocenters. The van der Waals surface area contributed by atoms with Gasteiger partial charge in [-0.05, 0) is 32.0 Å². The lowest BCUT2D eigenvalue weighted by Crippen LogP contribution is -2.38. The zero-order valence-corrected chi connectivity index (χ0v) is 16.6. The Balaban J connectivity index is 1.63. The first-order valence-electron chi connectivity index (χ1n) is 8.95. The van der Waals surface area contributed by atoms with Crippen molar-refractivity contribution in [2.75, 3.05) is 24.3 Å². The first kappa shape index (κ1) is 19.3. The fourth-order valence-electron chi connectivity index (χ4n) is 3.20. The van der Waals surface area contributed by atoms with Crippen molar-refractivity contribution in [1.29, 1.82) is 0 Å². The number of thioether (sulfide) groups is 1. The predicted octanol–water partition coefficient (Wildman–Crippen LogP) is 3.71. The van der Waals surface area contributed by atoms with Gasteiger partial charge in [-0.3, -0.25) is 9.59 Å². The van der Waals surface area contributed by atoms with E-state index in [1.165, 1.54) is 0 Å². The summed E-state index contributed by atoms with van der Waals surface area (Å²) in [7, 11) is 1.63. The number of methoxy groups -OCH3 is 1. The van der Waals surface area contributed by atoms with Gasteiger partial charge in [0.2, 0.25) is 11.8 Å². The van der Waals surface area contributed by atoms with E-state index >= 15 is 0 Å². The Morgan fingerprint density at radius 3 is 2.85 bits per heavy atom. The number of hydrogen-bond donors (Lipinski definition) is 1. The number of ether oxygens (including phenoxy) is 1. The second-order valence-electron chi connectivity index (χ2n) is 6.59. The minimum atomic E-state index is -0.174. The number of rotatable bonds is 6. The summed E-state index contributed by atoms with van der Waals surface area (Å²) < 4.78 is 5.40. The van der Waals surface area contributed by atoms with Crippen LogP contribution in [0.5, 0.6) is 5.75 Å². The number of amides is 2. The molecule has 0 spiro atoms. The van der Waals surface area contributed by atoms with Gasteiger partial charge in [0.1, 0.15) is 5.75 Å². The van der Waals surface area contributed by atoms with Gasteiger partial charge in [-0.1, -0.05) is 29.8 Å². The van der Waals surface area contributed by atoms with Crippen molar-refractivity contribution in [3.8, 4) is 5.75 Å². The van der Waals surface area contributed by atoms with E-state index in [4.69, 9.17) is 4.74 Å². The SMILES string of the molecule is COc1ccc(C)cc1[C@@H](C)NC(=O)CCN1C(=O)CSc2ccccc21. The van der Waals surface area contributed by atoms with Crippen molar-refractivity contribution in [2.24, 2.45) is 0 Å². The minimum Gasteiger partial charge on any atom is -0.496 e. The van der Waals surface area contributed by atoms with Crippen LogP contribution in [0.3, 0.4) is 0 Å². The molecule has 0 radical (unpaired) electrons. The van der Waals surface area contributed by atoms with E-state index in [1.807, 2.05) is 56.3 Å². The highest BCUT2D eigenvalue weighted by atomic mass is 32.2. The molecular weight excluding hydrogens is 360 g/mol. The molecule has 0 aliphatic carbocycles. The number of aryl methyl sites for hydroxylation is 1. The van der Waals surface area contributed by atoms with Crippen LogP contribution < -0.4 is 15.0 Å². The van der Waals surface area contributed by atoms with Crippen LogP contribution in [0.1, 0.15) is 30.5 Å². The van der Waals surface area contributed by atoms with Crippen LogP contribution in [0.2, 0.25) is 0 Å². The maximum Gasteiger partial charge on any atom is 0.237 e. The fraction of sp³-hybridized carbons (Fsp3) is 0.333. The Morgan fingerprint density at radius 2 is 2.07 bits per heavy atom. The minimum absolute atomic E-state index is 0.0416. The van der Waals surface area contributed by atoms with Gasteiger partial charge in [0.05, 0.1) is 24.6 Å². The molecule has 27 heavy (non-hydrogen) atoms. The lowest BCUT2D eigenvalue weighted by molar-refractivity contribution is -0.121. The topological polar surface area (TPSA) is 58.6 Å². The molecule has 1 heterocycles. The molecule has 0 unspecified atom stereocenters. The normalized spacial score (nSPS) is 14.5. The lowest BCUT2D eigenvalue weighted by atomic mass is 10.0. The first-order chi connectivity index (χ1) is 13.0. The van der Waals surface area contributed by atoms with Gasteiger partial charge >= 0.3 is 0 Å². The standard InChI is InChI=1S/C21H24N2O3S/c1-14-8-9-18(26-3)16(12-14)15(2)22-20(24)10-11-23-17-6-4-5-7-19(17)27-13-21(23)25/h4-9,12,15H,10-11,13H2,1-3H3,(H,22,24)/t15-/m1/s1. The van der Waals surface area contributed by atoms with Crippen LogP contribution in [-0.2, 0) is 9.59 Å². The summed E-state index contributed by atoms with van der Waals surface area (Å²) in [5, 5.41) is 3.01. The number of hydrogen-bond acceptors (Lipinski definition) is 4. The molecule has 2 aromatic rings. The monoisotopic (exact) mass is 384 g/mol. The highest BCUT2D eigenvalue weighted by Crippen LogP contribution is 2.35. The average Bonchev–Trinajstić information content (AvgIpc) is 2.67. The number of anilines is 1. The molecule has 0 fully saturated rings. The highest BCUT2D eigenvalue weighted by Gasteiger charge is 2.25. The summed E-state index contributed by atoms with van der Waals surface area (Å²) in [5.41, 5.74) is 2.95. The van der Waals surface area contributed by atoms with E-state index in [-0.39, 0.29) is 24.3 Å². The van der Waals surface area contributed by atoms with E-state index in [1.54, 1.807) is 23.8 Å². The molecule has 0 bridgehead atoms. The number of nitrogens with one attached hydrogen (secondary N) is 1. The number of para-hydroxylation sites is 1. The third-order valence-corrected chi connectivity index (χ3v) is 5.65.